The Bertz CT molecular complexity index is 2540. The van der Waals surface area contributed by atoms with Gasteiger partial charge in [0.2, 0.25) is 0 Å². The molecule has 0 amide bonds. The molecule has 3 heterocycles. The van der Waals surface area contributed by atoms with Crippen LogP contribution in [0.1, 0.15) is 0 Å². The van der Waals surface area contributed by atoms with Crippen molar-refractivity contribution in [1.29, 1.82) is 0 Å². The second-order valence-corrected chi connectivity index (χ2v) is 11.2. The normalized spacial score (nSPS) is 11.6. The fourth-order valence-electron chi connectivity index (χ4n) is 6.12. The molecule has 9 aromatic rings. The summed E-state index contributed by atoms with van der Waals surface area (Å²) in [6.07, 6.45) is 3.68. The molecule has 210 valence electrons. The van der Waals surface area contributed by atoms with E-state index in [0.717, 1.165) is 55.0 Å². The maximum Gasteiger partial charge on any atom is 0.164 e. The van der Waals surface area contributed by atoms with Gasteiger partial charge in [-0.1, -0.05) is 103 Å². The monoisotopic (exact) mass is 576 g/mol. The van der Waals surface area contributed by atoms with Gasteiger partial charge in [0.05, 0.1) is 0 Å². The highest BCUT2D eigenvalue weighted by Gasteiger charge is 2.18. The third-order valence-corrected chi connectivity index (χ3v) is 8.39. The predicted octanol–water partition coefficient (Wildman–Crippen LogP) is 10.1. The maximum atomic E-state index is 6.34. The van der Waals surface area contributed by atoms with E-state index >= 15 is 0 Å². The average molecular weight is 577 g/mol. The molecule has 0 radical (unpaired) electrons. The van der Waals surface area contributed by atoms with Crippen LogP contribution in [-0.2, 0) is 0 Å². The summed E-state index contributed by atoms with van der Waals surface area (Å²) in [5.74, 6) is 1.83. The number of fused-ring (bicyclic) bond motifs is 5. The van der Waals surface area contributed by atoms with Crippen LogP contribution in [0.3, 0.4) is 0 Å². The highest BCUT2D eigenvalue weighted by atomic mass is 16.3. The van der Waals surface area contributed by atoms with Gasteiger partial charge in [0.15, 0.2) is 17.5 Å². The first kappa shape index (κ1) is 25.3. The molecular weight excluding hydrogens is 552 g/mol. The van der Waals surface area contributed by atoms with Gasteiger partial charge in [-0.2, -0.15) is 0 Å². The number of furan rings is 1. The van der Waals surface area contributed by atoms with Crippen molar-refractivity contribution in [3.05, 3.63) is 146 Å². The van der Waals surface area contributed by atoms with Crippen molar-refractivity contribution in [2.75, 3.05) is 0 Å². The lowest BCUT2D eigenvalue weighted by Gasteiger charge is -2.10. The quantitative estimate of drug-likeness (QED) is 0.209. The highest BCUT2D eigenvalue weighted by Crippen LogP contribution is 2.38. The molecule has 5 nitrogen and oxygen atoms in total. The van der Waals surface area contributed by atoms with Crippen LogP contribution >= 0.6 is 0 Å². The first-order valence-corrected chi connectivity index (χ1v) is 14.9. The van der Waals surface area contributed by atoms with Gasteiger partial charge in [0.1, 0.15) is 11.2 Å². The van der Waals surface area contributed by atoms with E-state index in [1.54, 1.807) is 6.20 Å². The zero-order valence-electron chi connectivity index (χ0n) is 24.1. The molecule has 9 rings (SSSR count). The van der Waals surface area contributed by atoms with Crippen molar-refractivity contribution < 1.29 is 4.42 Å². The Morgan fingerprint density at radius 3 is 1.96 bits per heavy atom. The summed E-state index contributed by atoms with van der Waals surface area (Å²) in [5, 5.41) is 6.56. The lowest BCUT2D eigenvalue weighted by Crippen LogP contribution is -2.00. The Morgan fingerprint density at radius 2 is 1.11 bits per heavy atom. The Balaban J connectivity index is 1.21. The minimum Gasteiger partial charge on any atom is -0.456 e. The fraction of sp³-hybridized carbons (Fsp3) is 0. The Morgan fingerprint density at radius 1 is 0.422 bits per heavy atom. The molecule has 45 heavy (non-hydrogen) atoms. The summed E-state index contributed by atoms with van der Waals surface area (Å²) < 4.78 is 6.34. The number of aromatic nitrogens is 4. The molecule has 0 N–H and O–H groups in total. The largest absolute Gasteiger partial charge is 0.456 e. The Hall–Kier alpha value is -6.20. The molecule has 0 fully saturated rings. The first-order chi connectivity index (χ1) is 22.3. The molecule has 0 aliphatic heterocycles. The predicted molar refractivity (Wildman–Crippen MR) is 182 cm³/mol. The van der Waals surface area contributed by atoms with E-state index < -0.39 is 0 Å². The zero-order chi connectivity index (χ0) is 29.7. The van der Waals surface area contributed by atoms with E-state index in [-0.39, 0.29) is 0 Å². The smallest absolute Gasteiger partial charge is 0.164 e. The summed E-state index contributed by atoms with van der Waals surface area (Å²) in [5.41, 5.74) is 6.65. The number of benzene rings is 6. The molecule has 0 unspecified atom stereocenters. The number of rotatable bonds is 4. The van der Waals surface area contributed by atoms with E-state index in [1.807, 2.05) is 54.7 Å². The van der Waals surface area contributed by atoms with Crippen molar-refractivity contribution in [2.45, 2.75) is 0 Å². The number of hydrogen-bond acceptors (Lipinski definition) is 5. The molecule has 0 aliphatic carbocycles. The average Bonchev–Trinajstić information content (AvgIpc) is 3.48. The van der Waals surface area contributed by atoms with Crippen molar-refractivity contribution in [1.82, 2.24) is 19.9 Å². The molecule has 0 saturated carbocycles. The molecule has 5 heteroatoms. The van der Waals surface area contributed by atoms with Gasteiger partial charge in [-0.05, 0) is 57.6 Å². The second-order valence-electron chi connectivity index (χ2n) is 11.2. The molecule has 0 spiro atoms. The van der Waals surface area contributed by atoms with Crippen LogP contribution in [-0.4, -0.2) is 19.9 Å². The van der Waals surface area contributed by atoms with E-state index in [4.69, 9.17) is 19.4 Å². The van der Waals surface area contributed by atoms with E-state index in [9.17, 15) is 0 Å². The molecule has 3 aromatic heterocycles. The molecule has 0 aliphatic rings. The summed E-state index contributed by atoms with van der Waals surface area (Å²) in [7, 11) is 0. The van der Waals surface area contributed by atoms with Gasteiger partial charge in [-0.25, -0.2) is 15.0 Å². The summed E-state index contributed by atoms with van der Waals surface area (Å²) in [6.45, 7) is 0. The van der Waals surface area contributed by atoms with E-state index in [2.05, 4.69) is 89.9 Å². The van der Waals surface area contributed by atoms with Gasteiger partial charge < -0.3 is 4.42 Å². The van der Waals surface area contributed by atoms with Gasteiger partial charge in [-0.3, -0.25) is 4.98 Å². The van der Waals surface area contributed by atoms with E-state index in [0.29, 0.717) is 17.5 Å². The van der Waals surface area contributed by atoms with Crippen LogP contribution in [0.4, 0.5) is 0 Å². The molecule has 6 aromatic carbocycles. The van der Waals surface area contributed by atoms with Crippen molar-refractivity contribution in [2.24, 2.45) is 0 Å². The van der Waals surface area contributed by atoms with Crippen molar-refractivity contribution >= 4 is 43.5 Å². The second kappa shape index (κ2) is 10.2. The van der Waals surface area contributed by atoms with Gasteiger partial charge >= 0.3 is 0 Å². The fourth-order valence-corrected chi connectivity index (χ4v) is 6.12. The maximum absolute atomic E-state index is 6.34. The summed E-state index contributed by atoms with van der Waals surface area (Å²) in [4.78, 5) is 19.4. The molecular formula is C40H24N4O. The van der Waals surface area contributed by atoms with Gasteiger partial charge in [0, 0.05) is 45.2 Å². The van der Waals surface area contributed by atoms with Crippen molar-refractivity contribution in [3.63, 3.8) is 0 Å². The minimum atomic E-state index is 0.594. The SMILES string of the molecule is c1ccc(-c2nc(-c3ccc(-c4ccc5ccccc5c4)cc3)nc(-c3cccc4oc5cc6ccncc6cc5c34)n2)cc1. The van der Waals surface area contributed by atoms with Crippen LogP contribution in [0.2, 0.25) is 0 Å². The Labute approximate surface area is 258 Å². The molecule has 0 saturated heterocycles. The minimum absolute atomic E-state index is 0.594. The summed E-state index contributed by atoms with van der Waals surface area (Å²) >= 11 is 0. The third kappa shape index (κ3) is 4.41. The van der Waals surface area contributed by atoms with Crippen LogP contribution < -0.4 is 0 Å². The number of hydrogen-bond donors (Lipinski definition) is 0. The lowest BCUT2D eigenvalue weighted by molar-refractivity contribution is 0.669. The van der Waals surface area contributed by atoms with Crippen molar-refractivity contribution in [3.8, 4) is 45.3 Å². The Kier molecular flexibility index (Phi) is 5.74. The first-order valence-electron chi connectivity index (χ1n) is 14.9. The van der Waals surface area contributed by atoms with Crippen LogP contribution in [0, 0.1) is 0 Å². The van der Waals surface area contributed by atoms with Crippen LogP contribution in [0.15, 0.2) is 150 Å². The zero-order valence-corrected chi connectivity index (χ0v) is 24.1. The third-order valence-electron chi connectivity index (χ3n) is 8.39. The topological polar surface area (TPSA) is 64.7 Å². The van der Waals surface area contributed by atoms with Crippen LogP contribution in [0.25, 0.3) is 88.8 Å². The lowest BCUT2D eigenvalue weighted by atomic mass is 10.00. The highest BCUT2D eigenvalue weighted by molar-refractivity contribution is 6.15. The number of nitrogens with zero attached hydrogens (tertiary/aromatic N) is 4. The molecule has 0 bridgehead atoms. The summed E-state index contributed by atoms with van der Waals surface area (Å²) in [6, 6.07) is 45.7. The molecule has 0 atom stereocenters. The van der Waals surface area contributed by atoms with Gasteiger partial charge in [-0.15, -0.1) is 0 Å². The standard InChI is InChI=1S/C40H24N4O/c1-2-8-27(9-3-1)38-42-39(28-16-13-26(14-17-28)30-18-15-25-7-4-5-10-29(25)21-30)44-40(43-38)33-11-6-12-35-37(33)34-22-32-24-41-20-19-31(32)23-36(34)45-35/h1-24H. The van der Waals surface area contributed by atoms with Crippen LogP contribution in [0.5, 0.6) is 0 Å². The van der Waals surface area contributed by atoms with Gasteiger partial charge in [0.25, 0.3) is 0 Å². The van der Waals surface area contributed by atoms with E-state index in [1.165, 1.54) is 16.3 Å². The number of pyridine rings is 1.